The van der Waals surface area contributed by atoms with Crippen molar-refractivity contribution in [3.05, 3.63) is 41.4 Å². The van der Waals surface area contributed by atoms with Gasteiger partial charge in [-0.15, -0.1) is 0 Å². The van der Waals surface area contributed by atoms with Crippen molar-refractivity contribution in [3.8, 4) is 0 Å². The largest absolute Gasteiger partial charge is 0.475 e. The second-order valence-electron chi connectivity index (χ2n) is 3.86. The maximum Gasteiger partial charge on any atom is 0.371 e. The number of carbonyl (C=O) groups excluding carboxylic acids is 1. The normalized spacial score (nSPS) is 16.2. The van der Waals surface area contributed by atoms with Gasteiger partial charge in [-0.3, -0.25) is 4.79 Å². The lowest BCUT2D eigenvalue weighted by Gasteiger charge is -2.06. The Balaban J connectivity index is 2.05. The minimum atomic E-state index is -1.08. The van der Waals surface area contributed by atoms with E-state index in [9.17, 15) is 9.59 Å². The summed E-state index contributed by atoms with van der Waals surface area (Å²) < 4.78 is 5.08. The first-order valence-corrected chi connectivity index (χ1v) is 5.37. The highest BCUT2D eigenvalue weighted by Gasteiger charge is 2.09. The van der Waals surface area contributed by atoms with Gasteiger partial charge in [0.05, 0.1) is 0 Å². The summed E-state index contributed by atoms with van der Waals surface area (Å²) in [5.41, 5.74) is 1.08. The summed E-state index contributed by atoms with van der Waals surface area (Å²) in [7, 11) is 0. The number of rotatable bonds is 3. The van der Waals surface area contributed by atoms with Crippen LogP contribution < -0.4 is 0 Å². The molecule has 4 heteroatoms. The molecule has 0 unspecified atom stereocenters. The number of Topliss-reactive ketones (excluding diaryl/α,β-unsaturated/α-hetero) is 1. The Morgan fingerprint density at radius 3 is 2.71 bits per heavy atom. The van der Waals surface area contributed by atoms with Crippen LogP contribution in [-0.2, 0) is 4.79 Å². The summed E-state index contributed by atoms with van der Waals surface area (Å²) in [6, 6.07) is 3.02. The van der Waals surface area contributed by atoms with Crippen molar-refractivity contribution in [2.24, 2.45) is 0 Å². The average Bonchev–Trinajstić information content (AvgIpc) is 2.77. The lowest BCUT2D eigenvalue weighted by atomic mass is 9.98. The zero-order chi connectivity index (χ0) is 12.3. The van der Waals surface area contributed by atoms with Crippen molar-refractivity contribution in [3.63, 3.8) is 0 Å². The maximum absolute atomic E-state index is 11.0. The molecule has 1 aromatic heterocycles. The minimum Gasteiger partial charge on any atom is -0.475 e. The number of ketones is 1. The number of allylic oxidation sites excluding steroid dienone is 3. The molecule has 0 bridgehead atoms. The van der Waals surface area contributed by atoms with Gasteiger partial charge in [-0.1, -0.05) is 17.7 Å². The number of carbonyl (C=O) groups is 2. The number of carboxylic acids is 1. The Morgan fingerprint density at radius 2 is 2.12 bits per heavy atom. The van der Waals surface area contributed by atoms with E-state index in [-0.39, 0.29) is 11.5 Å². The molecule has 1 N–H and O–H groups in total. The number of aromatic carboxylic acids is 1. The molecule has 0 amide bonds. The lowest BCUT2D eigenvalue weighted by Crippen LogP contribution is -2.01. The van der Waals surface area contributed by atoms with Gasteiger partial charge in [0.15, 0.2) is 0 Å². The van der Waals surface area contributed by atoms with Crippen LogP contribution in [0.2, 0.25) is 0 Å². The standard InChI is InChI=1S/C13H12O4/c14-10-4-1-9(2-5-10)3-6-11-7-8-12(17-11)13(15)16/h1,3,6-8H,2,4-5H2,(H,15,16)/b6-3+. The van der Waals surface area contributed by atoms with E-state index in [0.717, 1.165) is 12.0 Å². The third kappa shape index (κ3) is 2.93. The highest BCUT2D eigenvalue weighted by molar-refractivity contribution is 5.84. The molecule has 1 aliphatic rings. The van der Waals surface area contributed by atoms with E-state index in [1.807, 2.05) is 12.2 Å². The molecule has 0 aromatic carbocycles. The smallest absolute Gasteiger partial charge is 0.371 e. The van der Waals surface area contributed by atoms with E-state index in [1.165, 1.54) is 6.07 Å². The van der Waals surface area contributed by atoms with E-state index in [2.05, 4.69) is 0 Å². The average molecular weight is 232 g/mol. The van der Waals surface area contributed by atoms with Crippen LogP contribution in [0.3, 0.4) is 0 Å². The zero-order valence-corrected chi connectivity index (χ0v) is 9.18. The molecule has 0 fully saturated rings. The van der Waals surface area contributed by atoms with Gasteiger partial charge in [0, 0.05) is 12.8 Å². The molecule has 1 heterocycles. The fourth-order valence-electron chi connectivity index (χ4n) is 1.63. The molecule has 0 saturated carbocycles. The Hall–Kier alpha value is -2.10. The van der Waals surface area contributed by atoms with E-state index < -0.39 is 5.97 Å². The monoisotopic (exact) mass is 232 g/mol. The molecule has 0 saturated heterocycles. The SMILES string of the molecule is O=C1CC=C(/C=C/c2ccc(C(=O)O)o2)CC1. The summed E-state index contributed by atoms with van der Waals surface area (Å²) in [4.78, 5) is 21.6. The Kier molecular flexibility index (Phi) is 3.23. The molecule has 0 radical (unpaired) electrons. The molecular weight excluding hydrogens is 220 g/mol. The van der Waals surface area contributed by atoms with Gasteiger partial charge in [0.25, 0.3) is 0 Å². The first-order valence-electron chi connectivity index (χ1n) is 5.37. The molecule has 1 aromatic rings. The summed E-state index contributed by atoms with van der Waals surface area (Å²) in [6.07, 6.45) is 7.27. The fourth-order valence-corrected chi connectivity index (χ4v) is 1.63. The van der Waals surface area contributed by atoms with E-state index in [4.69, 9.17) is 9.52 Å². The molecule has 0 atom stereocenters. The van der Waals surface area contributed by atoms with Crippen LogP contribution in [0, 0.1) is 0 Å². The van der Waals surface area contributed by atoms with E-state index in [1.54, 1.807) is 12.1 Å². The summed E-state index contributed by atoms with van der Waals surface area (Å²) in [6.45, 7) is 0. The third-order valence-electron chi connectivity index (χ3n) is 2.58. The zero-order valence-electron chi connectivity index (χ0n) is 9.18. The predicted molar refractivity (Wildman–Crippen MR) is 61.6 cm³/mol. The van der Waals surface area contributed by atoms with E-state index >= 15 is 0 Å². The summed E-state index contributed by atoms with van der Waals surface area (Å²) in [5.74, 6) is -0.391. The highest BCUT2D eigenvalue weighted by atomic mass is 16.4. The predicted octanol–water partition coefficient (Wildman–Crippen LogP) is 2.67. The van der Waals surface area contributed by atoms with Crippen LogP contribution in [0.25, 0.3) is 6.08 Å². The fraction of sp³-hybridized carbons (Fsp3) is 0.231. The van der Waals surface area contributed by atoms with Crippen molar-refractivity contribution in [2.45, 2.75) is 19.3 Å². The van der Waals surface area contributed by atoms with Gasteiger partial charge >= 0.3 is 5.97 Å². The van der Waals surface area contributed by atoms with Gasteiger partial charge in [0.1, 0.15) is 11.5 Å². The highest BCUT2D eigenvalue weighted by Crippen LogP contribution is 2.18. The Bertz CT molecular complexity index is 505. The van der Waals surface area contributed by atoms with Gasteiger partial charge in [-0.2, -0.15) is 0 Å². The molecule has 1 aliphatic carbocycles. The minimum absolute atomic E-state index is 0.0718. The second kappa shape index (κ2) is 4.82. The van der Waals surface area contributed by atoms with Crippen LogP contribution in [0.1, 0.15) is 35.6 Å². The Labute approximate surface area is 98.2 Å². The lowest BCUT2D eigenvalue weighted by molar-refractivity contribution is -0.118. The van der Waals surface area contributed by atoms with Gasteiger partial charge in [-0.05, 0) is 24.6 Å². The first kappa shape index (κ1) is 11.4. The number of hydrogen-bond donors (Lipinski definition) is 1. The van der Waals surface area contributed by atoms with Gasteiger partial charge in [0.2, 0.25) is 5.76 Å². The van der Waals surface area contributed by atoms with E-state index in [0.29, 0.717) is 18.6 Å². The number of carboxylic acid groups (broad SMARTS) is 1. The summed E-state index contributed by atoms with van der Waals surface area (Å²) in [5, 5.41) is 8.68. The molecule has 4 nitrogen and oxygen atoms in total. The maximum atomic E-state index is 11.0. The van der Waals surface area contributed by atoms with Crippen molar-refractivity contribution in [1.29, 1.82) is 0 Å². The molecule has 17 heavy (non-hydrogen) atoms. The van der Waals surface area contributed by atoms with Crippen LogP contribution >= 0.6 is 0 Å². The quantitative estimate of drug-likeness (QED) is 0.869. The Morgan fingerprint density at radius 1 is 1.29 bits per heavy atom. The molecule has 0 aliphatic heterocycles. The first-order chi connectivity index (χ1) is 8.15. The van der Waals surface area contributed by atoms with Crippen LogP contribution in [-0.4, -0.2) is 16.9 Å². The molecular formula is C13H12O4. The van der Waals surface area contributed by atoms with Crippen LogP contribution in [0.5, 0.6) is 0 Å². The van der Waals surface area contributed by atoms with Gasteiger partial charge < -0.3 is 9.52 Å². The van der Waals surface area contributed by atoms with Crippen LogP contribution in [0.15, 0.2) is 34.3 Å². The third-order valence-corrected chi connectivity index (χ3v) is 2.58. The van der Waals surface area contributed by atoms with Crippen molar-refractivity contribution < 1.29 is 19.1 Å². The summed E-state index contributed by atoms with van der Waals surface area (Å²) >= 11 is 0. The number of hydrogen-bond acceptors (Lipinski definition) is 3. The molecule has 0 spiro atoms. The molecule has 2 rings (SSSR count). The van der Waals surface area contributed by atoms with Crippen molar-refractivity contribution in [1.82, 2.24) is 0 Å². The van der Waals surface area contributed by atoms with Gasteiger partial charge in [-0.25, -0.2) is 4.79 Å². The van der Waals surface area contributed by atoms with Crippen LogP contribution in [0.4, 0.5) is 0 Å². The molecule has 88 valence electrons. The second-order valence-corrected chi connectivity index (χ2v) is 3.86. The topological polar surface area (TPSA) is 67.5 Å². The number of furan rings is 1. The van der Waals surface area contributed by atoms with Crippen molar-refractivity contribution >= 4 is 17.8 Å². The van der Waals surface area contributed by atoms with Crippen molar-refractivity contribution in [2.75, 3.05) is 0 Å².